The van der Waals surface area contributed by atoms with Gasteiger partial charge in [-0.05, 0) is 18.2 Å². The standard InChI is InChI=1S/C12H8N4O2/c17-12(18)8-1-2-9-10(5-8)14-6-15-11(9)16-4-3-13-7-16/h1-7H,(H,17,18). The third-order valence-corrected chi connectivity index (χ3v) is 2.61. The molecule has 0 radical (unpaired) electrons. The van der Waals surface area contributed by atoms with Crippen LogP contribution < -0.4 is 0 Å². The summed E-state index contributed by atoms with van der Waals surface area (Å²) in [5.41, 5.74) is 0.798. The molecule has 1 aromatic carbocycles. The zero-order valence-electron chi connectivity index (χ0n) is 9.19. The van der Waals surface area contributed by atoms with Gasteiger partial charge in [-0.25, -0.2) is 19.7 Å². The molecule has 0 spiro atoms. The minimum atomic E-state index is -0.973. The van der Waals surface area contributed by atoms with Gasteiger partial charge in [0.1, 0.15) is 18.5 Å². The maximum Gasteiger partial charge on any atom is 0.335 e. The van der Waals surface area contributed by atoms with Crippen molar-refractivity contribution < 1.29 is 9.90 Å². The Balaban J connectivity index is 2.26. The molecule has 0 saturated heterocycles. The summed E-state index contributed by atoms with van der Waals surface area (Å²) >= 11 is 0. The molecule has 88 valence electrons. The van der Waals surface area contributed by atoms with E-state index in [4.69, 9.17) is 5.11 Å². The third kappa shape index (κ3) is 1.60. The SMILES string of the molecule is O=C(O)c1ccc2c(-n3ccnc3)ncnc2c1. The van der Waals surface area contributed by atoms with Crippen LogP contribution in [0.3, 0.4) is 0 Å². The highest BCUT2D eigenvalue weighted by Crippen LogP contribution is 2.19. The Kier molecular flexibility index (Phi) is 2.26. The fraction of sp³-hybridized carbons (Fsp3) is 0. The number of aromatic carboxylic acids is 1. The van der Waals surface area contributed by atoms with Gasteiger partial charge in [0, 0.05) is 17.8 Å². The van der Waals surface area contributed by atoms with E-state index in [0.717, 1.165) is 5.39 Å². The molecule has 3 rings (SSSR count). The molecule has 0 atom stereocenters. The highest BCUT2D eigenvalue weighted by molar-refractivity contribution is 5.94. The minimum absolute atomic E-state index is 0.206. The summed E-state index contributed by atoms with van der Waals surface area (Å²) in [4.78, 5) is 23.1. The van der Waals surface area contributed by atoms with Gasteiger partial charge in [-0.1, -0.05) is 0 Å². The molecule has 6 nitrogen and oxygen atoms in total. The van der Waals surface area contributed by atoms with Crippen LogP contribution in [0.1, 0.15) is 10.4 Å². The second-order valence-corrected chi connectivity index (χ2v) is 3.70. The Bertz CT molecular complexity index is 722. The molecule has 0 unspecified atom stereocenters. The van der Waals surface area contributed by atoms with Crippen LogP contribution in [0.25, 0.3) is 16.7 Å². The van der Waals surface area contributed by atoms with Crippen LogP contribution in [0.15, 0.2) is 43.2 Å². The number of carboxylic acid groups (broad SMARTS) is 1. The van der Waals surface area contributed by atoms with Crippen LogP contribution in [-0.4, -0.2) is 30.6 Å². The van der Waals surface area contributed by atoms with Crippen molar-refractivity contribution in [3.8, 4) is 5.82 Å². The van der Waals surface area contributed by atoms with Crippen molar-refractivity contribution in [3.63, 3.8) is 0 Å². The van der Waals surface area contributed by atoms with Crippen molar-refractivity contribution >= 4 is 16.9 Å². The van der Waals surface area contributed by atoms with Gasteiger partial charge in [0.05, 0.1) is 11.1 Å². The van der Waals surface area contributed by atoms with Crippen molar-refractivity contribution in [1.82, 2.24) is 19.5 Å². The molecule has 18 heavy (non-hydrogen) atoms. The topological polar surface area (TPSA) is 80.9 Å². The summed E-state index contributed by atoms with van der Waals surface area (Å²) in [5.74, 6) is -0.297. The molecule has 0 aliphatic carbocycles. The van der Waals surface area contributed by atoms with E-state index < -0.39 is 5.97 Å². The van der Waals surface area contributed by atoms with E-state index in [-0.39, 0.29) is 5.56 Å². The van der Waals surface area contributed by atoms with E-state index in [2.05, 4.69) is 15.0 Å². The molecule has 0 aliphatic heterocycles. The van der Waals surface area contributed by atoms with Gasteiger partial charge in [-0.2, -0.15) is 0 Å². The second kappa shape index (κ2) is 3.92. The zero-order chi connectivity index (χ0) is 12.5. The summed E-state index contributed by atoms with van der Waals surface area (Å²) < 4.78 is 1.75. The Morgan fingerprint density at radius 3 is 2.89 bits per heavy atom. The molecule has 2 aromatic heterocycles. The lowest BCUT2D eigenvalue weighted by Gasteiger charge is -2.05. The number of hydrogen-bond acceptors (Lipinski definition) is 4. The maximum atomic E-state index is 10.9. The minimum Gasteiger partial charge on any atom is -0.478 e. The molecule has 0 fully saturated rings. The van der Waals surface area contributed by atoms with Gasteiger partial charge < -0.3 is 5.11 Å². The number of benzene rings is 1. The average Bonchev–Trinajstić information content (AvgIpc) is 2.91. The van der Waals surface area contributed by atoms with Crippen molar-refractivity contribution in [1.29, 1.82) is 0 Å². The van der Waals surface area contributed by atoms with E-state index >= 15 is 0 Å². The summed E-state index contributed by atoms with van der Waals surface area (Å²) in [7, 11) is 0. The number of carbonyl (C=O) groups is 1. The van der Waals surface area contributed by atoms with Crippen molar-refractivity contribution in [2.75, 3.05) is 0 Å². The molecule has 0 aliphatic rings. The van der Waals surface area contributed by atoms with Crippen LogP contribution in [0.4, 0.5) is 0 Å². The van der Waals surface area contributed by atoms with Gasteiger partial charge in [-0.15, -0.1) is 0 Å². The smallest absolute Gasteiger partial charge is 0.335 e. The van der Waals surface area contributed by atoms with Crippen LogP contribution >= 0.6 is 0 Å². The monoisotopic (exact) mass is 240 g/mol. The molecular formula is C12H8N4O2. The third-order valence-electron chi connectivity index (χ3n) is 2.61. The summed E-state index contributed by atoms with van der Waals surface area (Å²) in [6.07, 6.45) is 6.46. The quantitative estimate of drug-likeness (QED) is 0.734. The number of carboxylic acids is 1. The first-order valence-electron chi connectivity index (χ1n) is 5.22. The summed E-state index contributed by atoms with van der Waals surface area (Å²) in [6.45, 7) is 0. The number of nitrogens with zero attached hydrogens (tertiary/aromatic N) is 4. The molecule has 6 heteroatoms. The summed E-state index contributed by atoms with van der Waals surface area (Å²) in [5, 5.41) is 9.72. The van der Waals surface area contributed by atoms with Crippen molar-refractivity contribution in [2.24, 2.45) is 0 Å². The van der Waals surface area contributed by atoms with E-state index in [1.165, 1.54) is 18.5 Å². The lowest BCUT2D eigenvalue weighted by atomic mass is 10.1. The molecule has 0 amide bonds. The fourth-order valence-corrected chi connectivity index (χ4v) is 1.77. The zero-order valence-corrected chi connectivity index (χ0v) is 9.19. The molecule has 0 saturated carbocycles. The Hall–Kier alpha value is -2.76. The van der Waals surface area contributed by atoms with Crippen LogP contribution in [0.2, 0.25) is 0 Å². The highest BCUT2D eigenvalue weighted by Gasteiger charge is 2.08. The maximum absolute atomic E-state index is 10.9. The first-order chi connectivity index (χ1) is 8.75. The molecule has 0 bridgehead atoms. The highest BCUT2D eigenvalue weighted by atomic mass is 16.4. The number of aromatic nitrogens is 4. The lowest BCUT2D eigenvalue weighted by Crippen LogP contribution is -2.00. The van der Waals surface area contributed by atoms with Gasteiger partial charge in [0.15, 0.2) is 0 Å². The van der Waals surface area contributed by atoms with Gasteiger partial charge >= 0.3 is 5.97 Å². The van der Waals surface area contributed by atoms with E-state index in [1.54, 1.807) is 29.4 Å². The predicted octanol–water partition coefficient (Wildman–Crippen LogP) is 1.51. The number of fused-ring (bicyclic) bond motifs is 1. The first-order valence-corrected chi connectivity index (χ1v) is 5.22. The first kappa shape index (κ1) is 10.4. The number of hydrogen-bond donors (Lipinski definition) is 1. The summed E-state index contributed by atoms with van der Waals surface area (Å²) in [6, 6.07) is 4.77. The van der Waals surface area contributed by atoms with Crippen LogP contribution in [0.5, 0.6) is 0 Å². The van der Waals surface area contributed by atoms with E-state index in [0.29, 0.717) is 11.3 Å². The second-order valence-electron chi connectivity index (χ2n) is 3.70. The van der Waals surface area contributed by atoms with Gasteiger partial charge in [-0.3, -0.25) is 4.57 Å². The van der Waals surface area contributed by atoms with Crippen molar-refractivity contribution in [2.45, 2.75) is 0 Å². The largest absolute Gasteiger partial charge is 0.478 e. The number of imidazole rings is 1. The van der Waals surface area contributed by atoms with Gasteiger partial charge in [0.25, 0.3) is 0 Å². The normalized spacial score (nSPS) is 10.7. The van der Waals surface area contributed by atoms with Gasteiger partial charge in [0.2, 0.25) is 0 Å². The Labute approximate surface area is 102 Å². The molecule has 1 N–H and O–H groups in total. The molecule has 3 aromatic rings. The lowest BCUT2D eigenvalue weighted by molar-refractivity contribution is 0.0697. The number of rotatable bonds is 2. The molecule has 2 heterocycles. The van der Waals surface area contributed by atoms with Crippen LogP contribution in [-0.2, 0) is 0 Å². The predicted molar refractivity (Wildman–Crippen MR) is 63.6 cm³/mol. The van der Waals surface area contributed by atoms with E-state index in [9.17, 15) is 4.79 Å². The molecular weight excluding hydrogens is 232 g/mol. The van der Waals surface area contributed by atoms with Crippen molar-refractivity contribution in [3.05, 3.63) is 48.8 Å². The fourth-order valence-electron chi connectivity index (χ4n) is 1.77. The average molecular weight is 240 g/mol. The Morgan fingerprint density at radius 2 is 2.17 bits per heavy atom. The van der Waals surface area contributed by atoms with E-state index in [1.807, 2.05) is 0 Å². The Morgan fingerprint density at radius 1 is 1.28 bits per heavy atom. The van der Waals surface area contributed by atoms with Crippen LogP contribution in [0, 0.1) is 0 Å².